The third kappa shape index (κ3) is 5.03. The summed E-state index contributed by atoms with van der Waals surface area (Å²) in [6.07, 6.45) is -0.533. The first-order chi connectivity index (χ1) is 10.8. The standard InChI is InChI=1S/C17H20F3N3/c1-12-6-7-21-15(8-12)9-13(2)23(3)11-14-4-5-16(22-10-14)17(18,19)20/h4-8,10,13H,9,11H2,1-3H3. The Hall–Kier alpha value is -1.95. The lowest BCUT2D eigenvalue weighted by molar-refractivity contribution is -0.141. The summed E-state index contributed by atoms with van der Waals surface area (Å²) in [5.41, 5.74) is 2.07. The van der Waals surface area contributed by atoms with Crippen LogP contribution in [0.3, 0.4) is 0 Å². The number of aryl methyl sites for hydroxylation is 1. The second kappa shape index (κ2) is 7.08. The number of hydrogen-bond acceptors (Lipinski definition) is 3. The van der Waals surface area contributed by atoms with Crippen molar-refractivity contribution in [1.82, 2.24) is 14.9 Å². The van der Waals surface area contributed by atoms with Crippen molar-refractivity contribution in [2.75, 3.05) is 7.05 Å². The number of aromatic nitrogens is 2. The van der Waals surface area contributed by atoms with Crippen molar-refractivity contribution in [2.24, 2.45) is 0 Å². The van der Waals surface area contributed by atoms with E-state index in [1.54, 1.807) is 6.20 Å². The van der Waals surface area contributed by atoms with Gasteiger partial charge in [0, 0.05) is 37.1 Å². The maximum absolute atomic E-state index is 12.5. The molecule has 0 fully saturated rings. The second-order valence-electron chi connectivity index (χ2n) is 5.84. The van der Waals surface area contributed by atoms with Crippen LogP contribution < -0.4 is 0 Å². The van der Waals surface area contributed by atoms with Crippen LogP contribution in [0.1, 0.15) is 29.4 Å². The summed E-state index contributed by atoms with van der Waals surface area (Å²) in [5, 5.41) is 0. The van der Waals surface area contributed by atoms with Crippen LogP contribution in [-0.4, -0.2) is 28.0 Å². The van der Waals surface area contributed by atoms with E-state index in [1.807, 2.05) is 26.1 Å². The van der Waals surface area contributed by atoms with Gasteiger partial charge < -0.3 is 0 Å². The smallest absolute Gasteiger partial charge is 0.299 e. The minimum Gasteiger partial charge on any atom is -0.299 e. The number of hydrogen-bond donors (Lipinski definition) is 0. The van der Waals surface area contributed by atoms with Crippen molar-refractivity contribution >= 4 is 0 Å². The number of likely N-dealkylation sites (N-methyl/N-ethyl adjacent to an activating group) is 1. The quantitative estimate of drug-likeness (QED) is 0.836. The van der Waals surface area contributed by atoms with Gasteiger partial charge in [0.15, 0.2) is 0 Å². The van der Waals surface area contributed by atoms with Crippen LogP contribution in [0.4, 0.5) is 13.2 Å². The van der Waals surface area contributed by atoms with Crippen molar-refractivity contribution in [1.29, 1.82) is 0 Å². The zero-order chi connectivity index (χ0) is 17.0. The molecule has 0 amide bonds. The third-order valence-corrected chi connectivity index (χ3v) is 3.78. The molecule has 0 spiro atoms. The van der Waals surface area contributed by atoms with Gasteiger partial charge in [-0.1, -0.05) is 6.07 Å². The van der Waals surface area contributed by atoms with Crippen LogP contribution in [0, 0.1) is 6.92 Å². The summed E-state index contributed by atoms with van der Waals surface area (Å²) in [6, 6.07) is 6.71. The topological polar surface area (TPSA) is 29.0 Å². The summed E-state index contributed by atoms with van der Waals surface area (Å²) < 4.78 is 37.5. The predicted octanol–water partition coefficient (Wildman–Crippen LogP) is 3.87. The number of pyridine rings is 2. The first kappa shape index (κ1) is 17.4. The van der Waals surface area contributed by atoms with E-state index in [2.05, 4.69) is 21.8 Å². The van der Waals surface area contributed by atoms with Gasteiger partial charge in [-0.2, -0.15) is 13.2 Å². The van der Waals surface area contributed by atoms with E-state index in [-0.39, 0.29) is 6.04 Å². The van der Waals surface area contributed by atoms with E-state index in [1.165, 1.54) is 12.3 Å². The minimum absolute atomic E-state index is 0.214. The van der Waals surface area contributed by atoms with Gasteiger partial charge in [-0.05, 0) is 50.2 Å². The van der Waals surface area contributed by atoms with Gasteiger partial charge in [0.05, 0.1) is 0 Å². The van der Waals surface area contributed by atoms with Gasteiger partial charge in [0.25, 0.3) is 0 Å². The number of halogens is 3. The summed E-state index contributed by atoms with van der Waals surface area (Å²) >= 11 is 0. The first-order valence-corrected chi connectivity index (χ1v) is 7.39. The molecule has 0 saturated heterocycles. The molecule has 0 aromatic carbocycles. The molecule has 0 radical (unpaired) electrons. The molecule has 0 bridgehead atoms. The van der Waals surface area contributed by atoms with E-state index in [9.17, 15) is 13.2 Å². The molecule has 0 aliphatic carbocycles. The van der Waals surface area contributed by atoms with Crippen LogP contribution in [0.2, 0.25) is 0 Å². The Labute approximate surface area is 134 Å². The minimum atomic E-state index is -4.39. The van der Waals surface area contributed by atoms with Crippen molar-refractivity contribution in [3.05, 3.63) is 59.2 Å². The van der Waals surface area contributed by atoms with Crippen molar-refractivity contribution in [3.63, 3.8) is 0 Å². The molecule has 1 atom stereocenters. The van der Waals surface area contributed by atoms with E-state index in [0.717, 1.165) is 29.3 Å². The Morgan fingerprint density at radius 3 is 2.48 bits per heavy atom. The largest absolute Gasteiger partial charge is 0.433 e. The SMILES string of the molecule is Cc1ccnc(CC(C)N(C)Cc2ccc(C(F)(F)F)nc2)c1. The molecule has 6 heteroatoms. The average Bonchev–Trinajstić information content (AvgIpc) is 2.46. The van der Waals surface area contributed by atoms with Crippen molar-refractivity contribution in [3.8, 4) is 0 Å². The van der Waals surface area contributed by atoms with E-state index in [0.29, 0.717) is 6.54 Å². The molecule has 3 nitrogen and oxygen atoms in total. The highest BCUT2D eigenvalue weighted by Crippen LogP contribution is 2.27. The van der Waals surface area contributed by atoms with E-state index < -0.39 is 11.9 Å². The summed E-state index contributed by atoms with van der Waals surface area (Å²) in [4.78, 5) is 9.92. The van der Waals surface area contributed by atoms with Crippen LogP contribution in [0.15, 0.2) is 36.7 Å². The number of alkyl halides is 3. The third-order valence-electron chi connectivity index (χ3n) is 3.78. The predicted molar refractivity (Wildman–Crippen MR) is 82.8 cm³/mol. The Morgan fingerprint density at radius 2 is 1.91 bits per heavy atom. The van der Waals surface area contributed by atoms with Crippen LogP contribution >= 0.6 is 0 Å². The number of rotatable bonds is 5. The fraction of sp³-hybridized carbons (Fsp3) is 0.412. The Kier molecular flexibility index (Phi) is 5.36. The molecule has 0 N–H and O–H groups in total. The maximum atomic E-state index is 12.5. The molecule has 23 heavy (non-hydrogen) atoms. The average molecular weight is 323 g/mol. The zero-order valence-electron chi connectivity index (χ0n) is 13.4. The summed E-state index contributed by atoms with van der Waals surface area (Å²) in [7, 11) is 1.94. The van der Waals surface area contributed by atoms with Gasteiger partial charge in [0.2, 0.25) is 0 Å². The first-order valence-electron chi connectivity index (χ1n) is 7.39. The fourth-order valence-corrected chi connectivity index (χ4v) is 2.30. The fourth-order valence-electron chi connectivity index (χ4n) is 2.30. The molecule has 0 aliphatic heterocycles. The van der Waals surface area contributed by atoms with Gasteiger partial charge >= 0.3 is 6.18 Å². The highest BCUT2D eigenvalue weighted by Gasteiger charge is 2.32. The molecule has 0 aliphatic rings. The summed E-state index contributed by atoms with van der Waals surface area (Å²) in [6.45, 7) is 4.63. The molecule has 2 heterocycles. The van der Waals surface area contributed by atoms with E-state index >= 15 is 0 Å². The summed E-state index contributed by atoms with van der Waals surface area (Å²) in [5.74, 6) is 0. The van der Waals surface area contributed by atoms with Crippen LogP contribution in [0.25, 0.3) is 0 Å². The molecule has 2 aromatic rings. The molecule has 2 rings (SSSR count). The maximum Gasteiger partial charge on any atom is 0.433 e. The lowest BCUT2D eigenvalue weighted by Crippen LogP contribution is -2.30. The van der Waals surface area contributed by atoms with Gasteiger partial charge in [-0.25, -0.2) is 0 Å². The lowest BCUT2D eigenvalue weighted by atomic mass is 10.1. The van der Waals surface area contributed by atoms with Crippen molar-refractivity contribution < 1.29 is 13.2 Å². The molecular weight excluding hydrogens is 303 g/mol. The van der Waals surface area contributed by atoms with Crippen LogP contribution in [0.5, 0.6) is 0 Å². The normalized spacial score (nSPS) is 13.3. The van der Waals surface area contributed by atoms with Gasteiger partial charge in [-0.3, -0.25) is 14.9 Å². The molecule has 2 aromatic heterocycles. The molecule has 1 unspecified atom stereocenters. The van der Waals surface area contributed by atoms with E-state index in [4.69, 9.17) is 0 Å². The molecule has 124 valence electrons. The lowest BCUT2D eigenvalue weighted by Gasteiger charge is -2.24. The Morgan fingerprint density at radius 1 is 1.17 bits per heavy atom. The van der Waals surface area contributed by atoms with Gasteiger partial charge in [0.1, 0.15) is 5.69 Å². The highest BCUT2D eigenvalue weighted by atomic mass is 19.4. The molecular formula is C17H20F3N3. The Balaban J connectivity index is 1.96. The monoisotopic (exact) mass is 323 g/mol. The highest BCUT2D eigenvalue weighted by molar-refractivity contribution is 5.17. The van der Waals surface area contributed by atoms with Gasteiger partial charge in [-0.15, -0.1) is 0 Å². The van der Waals surface area contributed by atoms with Crippen molar-refractivity contribution in [2.45, 2.75) is 39.0 Å². The van der Waals surface area contributed by atoms with Crippen LogP contribution in [-0.2, 0) is 19.1 Å². The second-order valence-corrected chi connectivity index (χ2v) is 5.84. The zero-order valence-corrected chi connectivity index (χ0v) is 13.4. The Bertz CT molecular complexity index is 638. The molecule has 0 saturated carbocycles. The number of nitrogens with zero attached hydrogens (tertiary/aromatic N) is 3.